The number of phenols is 1. The molecule has 7 nitrogen and oxygen atoms in total. The SMILES string of the molecule is CCOC(=O)c1cnn2c1NC(c1ccc(O)c(OC)c1)C1Cc3ccccc3C12. The topological polar surface area (TPSA) is 85.6 Å². The van der Waals surface area contributed by atoms with Crippen LogP contribution in [0.15, 0.2) is 48.7 Å². The molecule has 1 aliphatic heterocycles. The first-order valence-corrected chi connectivity index (χ1v) is 10.1. The van der Waals surface area contributed by atoms with Gasteiger partial charge in [-0.25, -0.2) is 9.48 Å². The fraction of sp³-hybridized carbons (Fsp3) is 0.304. The molecular formula is C23H23N3O4. The first kappa shape index (κ1) is 18.5. The number of hydrogen-bond acceptors (Lipinski definition) is 6. The van der Waals surface area contributed by atoms with Crippen LogP contribution in [0.4, 0.5) is 5.82 Å². The van der Waals surface area contributed by atoms with Gasteiger partial charge in [-0.3, -0.25) is 0 Å². The lowest BCUT2D eigenvalue weighted by atomic mass is 9.85. The van der Waals surface area contributed by atoms with Crippen molar-refractivity contribution < 1.29 is 19.4 Å². The number of nitrogens with one attached hydrogen (secondary N) is 1. The van der Waals surface area contributed by atoms with Gasteiger partial charge < -0.3 is 19.9 Å². The number of carbonyl (C=O) groups excluding carboxylic acids is 1. The second kappa shape index (κ2) is 7.09. The van der Waals surface area contributed by atoms with Gasteiger partial charge in [0.15, 0.2) is 11.5 Å². The molecular weight excluding hydrogens is 382 g/mol. The van der Waals surface area contributed by atoms with E-state index in [1.165, 1.54) is 18.2 Å². The number of phenolic OH excluding ortho intramolecular Hbond substituents is 1. The average Bonchev–Trinajstić information content (AvgIpc) is 3.35. The predicted octanol–water partition coefficient (Wildman–Crippen LogP) is 3.70. The van der Waals surface area contributed by atoms with E-state index < -0.39 is 5.97 Å². The Balaban J connectivity index is 1.65. The van der Waals surface area contributed by atoms with Crippen LogP contribution in [0, 0.1) is 5.92 Å². The molecule has 0 saturated carbocycles. The van der Waals surface area contributed by atoms with Crippen molar-refractivity contribution in [1.29, 1.82) is 0 Å². The Bertz CT molecular complexity index is 1120. The molecule has 1 aliphatic carbocycles. The van der Waals surface area contributed by atoms with Crippen LogP contribution in [0.25, 0.3) is 0 Å². The summed E-state index contributed by atoms with van der Waals surface area (Å²) < 4.78 is 12.5. The highest BCUT2D eigenvalue weighted by Gasteiger charge is 2.45. The number of anilines is 1. The molecule has 30 heavy (non-hydrogen) atoms. The monoisotopic (exact) mass is 405 g/mol. The zero-order valence-electron chi connectivity index (χ0n) is 16.8. The molecule has 0 bridgehead atoms. The van der Waals surface area contributed by atoms with E-state index in [1.807, 2.05) is 22.9 Å². The third-order valence-electron chi connectivity index (χ3n) is 6.07. The molecule has 0 amide bonds. The van der Waals surface area contributed by atoms with E-state index in [0.29, 0.717) is 23.7 Å². The number of nitrogens with zero attached hydrogens (tertiary/aromatic N) is 2. The largest absolute Gasteiger partial charge is 0.504 e. The summed E-state index contributed by atoms with van der Waals surface area (Å²) in [6.45, 7) is 2.09. The molecule has 2 aromatic carbocycles. The molecule has 2 aliphatic rings. The number of carbonyl (C=O) groups is 1. The minimum atomic E-state index is -0.391. The predicted molar refractivity (Wildman–Crippen MR) is 111 cm³/mol. The van der Waals surface area contributed by atoms with Gasteiger partial charge in [-0.15, -0.1) is 0 Å². The van der Waals surface area contributed by atoms with E-state index in [2.05, 4.69) is 28.6 Å². The molecule has 3 atom stereocenters. The van der Waals surface area contributed by atoms with Gasteiger partial charge in [-0.2, -0.15) is 5.10 Å². The normalized spacial score (nSPS) is 21.2. The Labute approximate surface area is 174 Å². The summed E-state index contributed by atoms with van der Waals surface area (Å²) in [5.74, 6) is 0.979. The number of benzene rings is 2. The Morgan fingerprint density at radius 2 is 2.13 bits per heavy atom. The van der Waals surface area contributed by atoms with E-state index >= 15 is 0 Å². The lowest BCUT2D eigenvalue weighted by Crippen LogP contribution is -2.35. The first-order chi connectivity index (χ1) is 14.6. The molecule has 2 N–H and O–H groups in total. The highest BCUT2D eigenvalue weighted by atomic mass is 16.5. The fourth-order valence-corrected chi connectivity index (χ4v) is 4.77. The van der Waals surface area contributed by atoms with E-state index in [4.69, 9.17) is 9.47 Å². The van der Waals surface area contributed by atoms with E-state index in [9.17, 15) is 9.90 Å². The molecule has 3 aromatic rings. The first-order valence-electron chi connectivity index (χ1n) is 10.1. The van der Waals surface area contributed by atoms with Crippen molar-refractivity contribution in [2.75, 3.05) is 19.0 Å². The van der Waals surface area contributed by atoms with Crippen LogP contribution in [0.5, 0.6) is 11.5 Å². The maximum atomic E-state index is 12.5. The van der Waals surface area contributed by atoms with Gasteiger partial charge in [0.2, 0.25) is 0 Å². The average molecular weight is 405 g/mol. The Hall–Kier alpha value is -3.48. The van der Waals surface area contributed by atoms with Crippen molar-refractivity contribution in [2.45, 2.75) is 25.4 Å². The maximum Gasteiger partial charge on any atom is 0.343 e. The van der Waals surface area contributed by atoms with E-state index in [0.717, 1.165) is 12.0 Å². The highest BCUT2D eigenvalue weighted by molar-refractivity contribution is 5.95. The zero-order chi connectivity index (χ0) is 20.8. The van der Waals surface area contributed by atoms with E-state index in [1.54, 1.807) is 19.2 Å². The van der Waals surface area contributed by atoms with Gasteiger partial charge in [0.25, 0.3) is 0 Å². The summed E-state index contributed by atoms with van der Waals surface area (Å²) in [5.41, 5.74) is 3.91. The molecule has 7 heteroatoms. The lowest BCUT2D eigenvalue weighted by molar-refractivity contribution is 0.0527. The van der Waals surface area contributed by atoms with Crippen LogP contribution in [0.3, 0.4) is 0 Å². The molecule has 0 fully saturated rings. The van der Waals surface area contributed by atoms with Crippen molar-refractivity contribution >= 4 is 11.8 Å². The lowest BCUT2D eigenvalue weighted by Gasteiger charge is -2.37. The summed E-state index contributed by atoms with van der Waals surface area (Å²) >= 11 is 0. The molecule has 1 aromatic heterocycles. The Morgan fingerprint density at radius 1 is 1.30 bits per heavy atom. The zero-order valence-corrected chi connectivity index (χ0v) is 16.8. The number of fused-ring (bicyclic) bond motifs is 5. The number of ether oxygens (including phenoxy) is 2. The maximum absolute atomic E-state index is 12.5. The van der Waals surface area contributed by atoms with Crippen LogP contribution < -0.4 is 10.1 Å². The van der Waals surface area contributed by atoms with Crippen LogP contribution in [-0.4, -0.2) is 34.6 Å². The highest BCUT2D eigenvalue weighted by Crippen LogP contribution is 2.51. The van der Waals surface area contributed by atoms with Crippen molar-refractivity contribution in [1.82, 2.24) is 9.78 Å². The number of aromatic nitrogens is 2. The summed E-state index contributed by atoms with van der Waals surface area (Å²) in [6, 6.07) is 13.7. The van der Waals surface area contributed by atoms with Gasteiger partial charge in [-0.05, 0) is 42.2 Å². The molecule has 2 heterocycles. The quantitative estimate of drug-likeness (QED) is 0.644. The van der Waals surface area contributed by atoms with E-state index in [-0.39, 0.29) is 23.8 Å². The number of hydrogen-bond donors (Lipinski definition) is 2. The van der Waals surface area contributed by atoms with Gasteiger partial charge in [0.05, 0.1) is 32.0 Å². The summed E-state index contributed by atoms with van der Waals surface area (Å²) in [5, 5.41) is 18.1. The molecule has 0 radical (unpaired) electrons. The van der Waals surface area contributed by atoms with Crippen LogP contribution >= 0.6 is 0 Å². The molecule has 0 saturated heterocycles. The number of aromatic hydroxyl groups is 1. The minimum absolute atomic E-state index is 0.00502. The van der Waals surface area contributed by atoms with Crippen molar-refractivity contribution in [3.05, 3.63) is 70.9 Å². The van der Waals surface area contributed by atoms with Crippen molar-refractivity contribution in [2.24, 2.45) is 5.92 Å². The number of methoxy groups -OCH3 is 1. The van der Waals surface area contributed by atoms with Crippen LogP contribution in [-0.2, 0) is 11.2 Å². The third kappa shape index (κ3) is 2.73. The fourth-order valence-electron chi connectivity index (χ4n) is 4.77. The molecule has 5 rings (SSSR count). The summed E-state index contributed by atoms with van der Waals surface area (Å²) in [4.78, 5) is 12.5. The summed E-state index contributed by atoms with van der Waals surface area (Å²) in [6.07, 6.45) is 2.47. The Kier molecular flexibility index (Phi) is 4.38. The van der Waals surface area contributed by atoms with Crippen molar-refractivity contribution in [3.63, 3.8) is 0 Å². The second-order valence-corrected chi connectivity index (χ2v) is 7.64. The Morgan fingerprint density at radius 3 is 2.93 bits per heavy atom. The second-order valence-electron chi connectivity index (χ2n) is 7.64. The van der Waals surface area contributed by atoms with Gasteiger partial charge >= 0.3 is 5.97 Å². The van der Waals surface area contributed by atoms with Crippen LogP contribution in [0.2, 0.25) is 0 Å². The molecule has 154 valence electrons. The summed E-state index contributed by atoms with van der Waals surface area (Å²) in [7, 11) is 1.54. The van der Waals surface area contributed by atoms with Crippen LogP contribution in [0.1, 0.15) is 46.1 Å². The van der Waals surface area contributed by atoms with Gasteiger partial charge in [-0.1, -0.05) is 30.3 Å². The third-order valence-corrected chi connectivity index (χ3v) is 6.07. The standard InChI is InChI=1S/C23H23N3O4/c1-3-30-23(28)17-12-24-26-21-15-7-5-4-6-13(15)10-16(21)20(25-22(17)26)14-8-9-18(27)19(11-14)29-2/h4-9,11-12,16,20-21,25,27H,3,10H2,1-2H3. The number of rotatable bonds is 4. The van der Waals surface area contributed by atoms with Gasteiger partial charge in [0, 0.05) is 5.92 Å². The van der Waals surface area contributed by atoms with Gasteiger partial charge in [0.1, 0.15) is 11.4 Å². The number of esters is 1. The molecule has 3 unspecified atom stereocenters. The molecule has 0 spiro atoms. The minimum Gasteiger partial charge on any atom is -0.504 e. The smallest absolute Gasteiger partial charge is 0.343 e. The van der Waals surface area contributed by atoms with Crippen molar-refractivity contribution in [3.8, 4) is 11.5 Å².